The first-order valence-corrected chi connectivity index (χ1v) is 6.15. The number of nitrogens with zero attached hydrogens (tertiary/aromatic N) is 1. The first-order valence-electron chi connectivity index (χ1n) is 4.75. The quantitative estimate of drug-likeness (QED) is 0.505. The van der Waals surface area contributed by atoms with Crippen LogP contribution in [0.4, 0.5) is 5.69 Å². The first-order chi connectivity index (χ1) is 7.54. The largest absolute Gasteiger partial charge is 0.147 e. The van der Waals surface area contributed by atoms with Crippen molar-refractivity contribution in [3.63, 3.8) is 0 Å². The van der Waals surface area contributed by atoms with Gasteiger partial charge in [-0.1, -0.05) is 0 Å². The standard InChI is InChI=1S/C10H13AsN2O3.ClH/c1-12-10(14)9(11)6-7-2-4-8(5-3-7)13(15)16;/h2-5,9H,6,11H2,1H3,(H,12,14);1H/t9-;/m0./s1. The summed E-state index contributed by atoms with van der Waals surface area (Å²) in [6.45, 7) is 0. The van der Waals surface area contributed by atoms with Crippen molar-refractivity contribution in [1.82, 2.24) is 5.32 Å². The molecule has 0 radical (unpaired) electrons. The number of rotatable bonds is 4. The molecule has 0 aromatic heterocycles. The molecular formula is C10H14AsClN2O3. The third kappa shape index (κ3) is 4.75. The molecule has 7 heteroatoms. The predicted molar refractivity (Wildman–Crippen MR) is 70.4 cm³/mol. The second-order valence-electron chi connectivity index (χ2n) is 3.35. The van der Waals surface area contributed by atoms with Gasteiger partial charge >= 0.3 is 102 Å². The fourth-order valence-electron chi connectivity index (χ4n) is 1.29. The van der Waals surface area contributed by atoms with Crippen molar-refractivity contribution in [3.05, 3.63) is 39.9 Å². The average Bonchev–Trinajstić information content (AvgIpc) is 2.28. The van der Waals surface area contributed by atoms with Crippen LogP contribution in [0.5, 0.6) is 0 Å². The second-order valence-corrected chi connectivity index (χ2v) is 5.04. The van der Waals surface area contributed by atoms with Crippen molar-refractivity contribution in [2.75, 3.05) is 7.05 Å². The minimum atomic E-state index is -0.435. The van der Waals surface area contributed by atoms with Gasteiger partial charge in [0.1, 0.15) is 0 Å². The molecule has 0 aliphatic heterocycles. The van der Waals surface area contributed by atoms with Gasteiger partial charge in [0, 0.05) is 0 Å². The molecule has 94 valence electrons. The van der Waals surface area contributed by atoms with E-state index in [9.17, 15) is 14.9 Å². The third-order valence-electron chi connectivity index (χ3n) is 2.19. The summed E-state index contributed by atoms with van der Waals surface area (Å²) in [5, 5.41) is 13.0. The molecule has 5 nitrogen and oxygen atoms in total. The summed E-state index contributed by atoms with van der Waals surface area (Å²) in [7, 11) is 1.60. The minimum Gasteiger partial charge on any atom is -0.147 e. The normalized spacial score (nSPS) is 11.2. The molecule has 0 fully saturated rings. The molecular weight excluding hydrogens is 306 g/mol. The summed E-state index contributed by atoms with van der Waals surface area (Å²) >= 11 is 1.35. The Hall–Kier alpha value is -1.06. The summed E-state index contributed by atoms with van der Waals surface area (Å²) in [4.78, 5) is 21.3. The molecule has 0 saturated heterocycles. The van der Waals surface area contributed by atoms with Crippen molar-refractivity contribution in [2.24, 2.45) is 0 Å². The van der Waals surface area contributed by atoms with Gasteiger partial charge in [-0.05, 0) is 0 Å². The third-order valence-corrected chi connectivity index (χ3v) is 3.32. The number of hydrogen-bond acceptors (Lipinski definition) is 3. The number of hydrogen-bond donors (Lipinski definition) is 1. The van der Waals surface area contributed by atoms with Gasteiger partial charge in [-0.2, -0.15) is 0 Å². The van der Waals surface area contributed by atoms with Crippen LogP contribution in [0.25, 0.3) is 0 Å². The van der Waals surface area contributed by atoms with E-state index in [2.05, 4.69) is 5.32 Å². The molecule has 0 aliphatic carbocycles. The zero-order valence-electron chi connectivity index (χ0n) is 9.25. The molecule has 0 heterocycles. The average molecular weight is 321 g/mol. The van der Waals surface area contributed by atoms with Gasteiger partial charge in [-0.3, -0.25) is 0 Å². The zero-order valence-corrected chi connectivity index (χ0v) is 12.5. The Bertz CT molecular complexity index is 397. The van der Waals surface area contributed by atoms with Crippen LogP contribution < -0.4 is 5.32 Å². The van der Waals surface area contributed by atoms with E-state index < -0.39 is 4.92 Å². The Morgan fingerprint density at radius 3 is 2.41 bits per heavy atom. The molecule has 17 heavy (non-hydrogen) atoms. The Kier molecular flexibility index (Phi) is 6.84. The number of amides is 1. The van der Waals surface area contributed by atoms with E-state index in [4.69, 9.17) is 0 Å². The van der Waals surface area contributed by atoms with Crippen molar-refractivity contribution in [2.45, 2.75) is 11.1 Å². The Morgan fingerprint density at radius 1 is 1.47 bits per heavy atom. The van der Waals surface area contributed by atoms with Crippen LogP contribution in [0.2, 0.25) is 4.71 Å². The molecule has 1 aromatic rings. The van der Waals surface area contributed by atoms with E-state index in [-0.39, 0.29) is 28.7 Å². The number of non-ortho nitro benzene ring substituents is 1. The maximum absolute atomic E-state index is 11.3. The fourth-order valence-corrected chi connectivity index (χ4v) is 2.21. The van der Waals surface area contributed by atoms with Gasteiger partial charge in [0.05, 0.1) is 0 Å². The van der Waals surface area contributed by atoms with Gasteiger partial charge < -0.3 is 0 Å². The molecule has 1 N–H and O–H groups in total. The van der Waals surface area contributed by atoms with E-state index >= 15 is 0 Å². The van der Waals surface area contributed by atoms with Crippen LogP contribution in [-0.4, -0.2) is 34.7 Å². The van der Waals surface area contributed by atoms with Crippen LogP contribution in [0.1, 0.15) is 5.56 Å². The van der Waals surface area contributed by atoms with Gasteiger partial charge in [0.2, 0.25) is 0 Å². The maximum atomic E-state index is 11.3. The molecule has 2 atom stereocenters. The number of carbonyl (C=O) groups is 1. The summed E-state index contributed by atoms with van der Waals surface area (Å²) in [5.74, 6) is -0.00153. The zero-order chi connectivity index (χ0) is 12.1. The van der Waals surface area contributed by atoms with E-state index in [0.29, 0.717) is 6.42 Å². The predicted octanol–water partition coefficient (Wildman–Crippen LogP) is 0.727. The van der Waals surface area contributed by atoms with Crippen LogP contribution in [-0.2, 0) is 11.2 Å². The van der Waals surface area contributed by atoms with E-state index in [0.717, 1.165) is 5.56 Å². The van der Waals surface area contributed by atoms with Crippen molar-refractivity contribution in [3.8, 4) is 0 Å². The number of nitro benzene ring substituents is 1. The number of benzene rings is 1. The van der Waals surface area contributed by atoms with Gasteiger partial charge in [0.25, 0.3) is 0 Å². The molecule has 0 bridgehead atoms. The van der Waals surface area contributed by atoms with Gasteiger partial charge in [-0.15, -0.1) is 12.4 Å². The Morgan fingerprint density at radius 2 is 2.00 bits per heavy atom. The van der Waals surface area contributed by atoms with Gasteiger partial charge in [0.15, 0.2) is 0 Å². The minimum absolute atomic E-state index is 0. The summed E-state index contributed by atoms with van der Waals surface area (Å²) in [6.07, 6.45) is 0.609. The SMILES string of the molecule is CNC(=O)[C@@H]([AsH2])Cc1ccc([N+](=O)[O-])cc1.Cl. The molecule has 0 aliphatic rings. The van der Waals surface area contributed by atoms with Crippen molar-refractivity contribution < 1.29 is 9.72 Å². The van der Waals surface area contributed by atoms with Gasteiger partial charge in [-0.25, -0.2) is 0 Å². The van der Waals surface area contributed by atoms with Crippen LogP contribution in [0, 0.1) is 10.1 Å². The molecule has 0 saturated carbocycles. The van der Waals surface area contributed by atoms with E-state index in [1.807, 2.05) is 0 Å². The molecule has 1 rings (SSSR count). The number of nitro groups is 1. The van der Waals surface area contributed by atoms with Crippen LogP contribution in [0.3, 0.4) is 0 Å². The molecule has 0 spiro atoms. The van der Waals surface area contributed by atoms with Crippen LogP contribution in [0.15, 0.2) is 24.3 Å². The first kappa shape index (κ1) is 15.9. The fraction of sp³-hybridized carbons (Fsp3) is 0.300. The topological polar surface area (TPSA) is 72.2 Å². The Balaban J connectivity index is 0.00000256. The number of carbonyl (C=O) groups excluding carboxylic acids is 1. The molecule has 1 unspecified atom stereocenters. The maximum Gasteiger partial charge on any atom is -0.147 e. The monoisotopic (exact) mass is 320 g/mol. The van der Waals surface area contributed by atoms with E-state index in [1.165, 1.54) is 29.0 Å². The van der Waals surface area contributed by atoms with E-state index in [1.54, 1.807) is 19.2 Å². The second kappa shape index (κ2) is 7.30. The summed E-state index contributed by atoms with van der Waals surface area (Å²) in [5.41, 5.74) is 1.01. The smallest absolute Gasteiger partial charge is 0.147 e. The van der Waals surface area contributed by atoms with Crippen LogP contribution >= 0.6 is 12.4 Å². The number of halogens is 1. The molecule has 1 aromatic carbocycles. The number of nitrogens with one attached hydrogen (secondary N) is 1. The molecule has 1 amide bonds. The summed E-state index contributed by atoms with van der Waals surface area (Å²) < 4.78 is -0.0704. The van der Waals surface area contributed by atoms with Crippen molar-refractivity contribution >= 4 is 40.9 Å². The summed E-state index contributed by atoms with van der Waals surface area (Å²) in [6, 6.07) is 6.29. The van der Waals surface area contributed by atoms with Crippen molar-refractivity contribution in [1.29, 1.82) is 0 Å². The Labute approximate surface area is 114 Å².